The summed E-state index contributed by atoms with van der Waals surface area (Å²) in [4.78, 5) is 1.50. The third-order valence-electron chi connectivity index (χ3n) is 3.33. The minimum absolute atomic E-state index is 0.614. The molecule has 2 rings (SSSR count). The minimum atomic E-state index is 0.614. The predicted molar refractivity (Wildman–Crippen MR) is 72.0 cm³/mol. The summed E-state index contributed by atoms with van der Waals surface area (Å²) in [5.74, 6) is 0. The van der Waals surface area contributed by atoms with Gasteiger partial charge < -0.3 is 5.32 Å². The lowest BCUT2D eigenvalue weighted by Gasteiger charge is -2.19. The quantitative estimate of drug-likeness (QED) is 0.766. The lowest BCUT2D eigenvalue weighted by Crippen LogP contribution is -2.28. The van der Waals surface area contributed by atoms with Crippen LogP contribution in [0.4, 0.5) is 0 Å². The molecular formula is C14H21NS. The third-order valence-corrected chi connectivity index (χ3v) is 4.23. The SMILES string of the molecule is CNC(CC1=CCCCC1)Cc1cccs1. The van der Waals surface area contributed by atoms with Gasteiger partial charge in [0.2, 0.25) is 0 Å². The van der Waals surface area contributed by atoms with E-state index < -0.39 is 0 Å². The lowest BCUT2D eigenvalue weighted by molar-refractivity contribution is 0.535. The summed E-state index contributed by atoms with van der Waals surface area (Å²) in [7, 11) is 2.08. The van der Waals surface area contributed by atoms with Crippen molar-refractivity contribution in [2.75, 3.05) is 7.05 Å². The first kappa shape index (κ1) is 11.9. The van der Waals surface area contributed by atoms with Gasteiger partial charge >= 0.3 is 0 Å². The first-order valence-electron chi connectivity index (χ1n) is 6.26. The van der Waals surface area contributed by atoms with Crippen LogP contribution in [0.25, 0.3) is 0 Å². The summed E-state index contributed by atoms with van der Waals surface area (Å²) in [6, 6.07) is 5.00. The molecule has 1 aliphatic carbocycles. The Hall–Kier alpha value is -0.600. The average Bonchev–Trinajstić information content (AvgIpc) is 2.82. The summed E-state index contributed by atoms with van der Waals surface area (Å²) >= 11 is 1.87. The molecule has 0 radical (unpaired) electrons. The second-order valence-electron chi connectivity index (χ2n) is 4.58. The molecule has 1 unspecified atom stereocenters. The molecule has 0 amide bonds. The number of rotatable bonds is 5. The number of hydrogen-bond donors (Lipinski definition) is 1. The number of thiophene rings is 1. The van der Waals surface area contributed by atoms with Crippen molar-refractivity contribution in [3.05, 3.63) is 34.0 Å². The van der Waals surface area contributed by atoms with Crippen molar-refractivity contribution in [3.8, 4) is 0 Å². The Morgan fingerprint density at radius 2 is 2.31 bits per heavy atom. The van der Waals surface area contributed by atoms with Gasteiger partial charge in [0.05, 0.1) is 0 Å². The first-order chi connectivity index (χ1) is 7.88. The fourth-order valence-electron chi connectivity index (χ4n) is 2.35. The molecule has 1 N–H and O–H groups in total. The van der Waals surface area contributed by atoms with Gasteiger partial charge in [-0.25, -0.2) is 0 Å². The van der Waals surface area contributed by atoms with Crippen LogP contribution in [0.1, 0.15) is 37.0 Å². The van der Waals surface area contributed by atoms with Crippen LogP contribution >= 0.6 is 11.3 Å². The van der Waals surface area contributed by atoms with Crippen molar-refractivity contribution < 1.29 is 0 Å². The Morgan fingerprint density at radius 3 is 2.94 bits per heavy atom. The molecule has 0 bridgehead atoms. The maximum Gasteiger partial charge on any atom is 0.0149 e. The van der Waals surface area contributed by atoms with Gasteiger partial charge in [-0.15, -0.1) is 11.3 Å². The molecule has 0 aliphatic heterocycles. The molecule has 0 fully saturated rings. The van der Waals surface area contributed by atoms with E-state index in [-0.39, 0.29) is 0 Å². The largest absolute Gasteiger partial charge is 0.316 e. The molecule has 1 aromatic heterocycles. The van der Waals surface area contributed by atoms with Crippen molar-refractivity contribution in [2.45, 2.75) is 44.6 Å². The van der Waals surface area contributed by atoms with Crippen LogP contribution < -0.4 is 5.32 Å². The fourth-order valence-corrected chi connectivity index (χ4v) is 3.14. The zero-order chi connectivity index (χ0) is 11.2. The highest BCUT2D eigenvalue weighted by molar-refractivity contribution is 7.09. The second-order valence-corrected chi connectivity index (χ2v) is 5.61. The minimum Gasteiger partial charge on any atom is -0.316 e. The van der Waals surface area contributed by atoms with Crippen molar-refractivity contribution in [1.82, 2.24) is 5.32 Å². The van der Waals surface area contributed by atoms with Crippen molar-refractivity contribution in [2.24, 2.45) is 0 Å². The fraction of sp³-hybridized carbons (Fsp3) is 0.571. The van der Waals surface area contributed by atoms with Gasteiger partial charge in [0, 0.05) is 10.9 Å². The van der Waals surface area contributed by atoms with Gasteiger partial charge in [0.25, 0.3) is 0 Å². The molecule has 1 atom stereocenters. The molecule has 1 aromatic rings. The van der Waals surface area contributed by atoms with Crippen LogP contribution in [-0.4, -0.2) is 13.1 Å². The molecule has 1 aliphatic rings. The van der Waals surface area contributed by atoms with E-state index in [1.807, 2.05) is 11.3 Å². The third kappa shape index (κ3) is 3.46. The van der Waals surface area contributed by atoms with E-state index >= 15 is 0 Å². The second kappa shape index (κ2) is 6.21. The van der Waals surface area contributed by atoms with E-state index in [1.165, 1.54) is 43.4 Å². The Balaban J connectivity index is 1.87. The number of allylic oxidation sites excluding steroid dienone is 1. The monoisotopic (exact) mass is 235 g/mol. The van der Waals surface area contributed by atoms with E-state index in [9.17, 15) is 0 Å². The van der Waals surface area contributed by atoms with E-state index in [0.29, 0.717) is 6.04 Å². The van der Waals surface area contributed by atoms with Gasteiger partial charge in [-0.2, -0.15) is 0 Å². The van der Waals surface area contributed by atoms with Crippen LogP contribution in [0, 0.1) is 0 Å². The predicted octanol–water partition coefficient (Wildman–Crippen LogP) is 3.77. The first-order valence-corrected chi connectivity index (χ1v) is 7.14. The van der Waals surface area contributed by atoms with Crippen molar-refractivity contribution in [1.29, 1.82) is 0 Å². The number of nitrogens with one attached hydrogen (secondary N) is 1. The molecule has 16 heavy (non-hydrogen) atoms. The topological polar surface area (TPSA) is 12.0 Å². The van der Waals surface area contributed by atoms with Crippen molar-refractivity contribution >= 4 is 11.3 Å². The standard InChI is InChI=1S/C14H21NS/c1-15-13(11-14-8-5-9-16-14)10-12-6-3-2-4-7-12/h5-6,8-9,13,15H,2-4,7,10-11H2,1H3. The average molecular weight is 235 g/mol. The molecule has 1 heterocycles. The zero-order valence-electron chi connectivity index (χ0n) is 10.0. The lowest BCUT2D eigenvalue weighted by atomic mass is 9.93. The Morgan fingerprint density at radius 1 is 1.38 bits per heavy atom. The van der Waals surface area contributed by atoms with Crippen molar-refractivity contribution in [3.63, 3.8) is 0 Å². The summed E-state index contributed by atoms with van der Waals surface area (Å²) < 4.78 is 0. The van der Waals surface area contributed by atoms with Crippen LogP contribution in [0.5, 0.6) is 0 Å². The van der Waals surface area contributed by atoms with E-state index in [2.05, 4.69) is 36.0 Å². The maximum atomic E-state index is 3.45. The Labute approximate surface area is 103 Å². The smallest absolute Gasteiger partial charge is 0.0149 e. The molecule has 0 saturated heterocycles. The van der Waals surface area contributed by atoms with Gasteiger partial charge in [-0.3, -0.25) is 0 Å². The van der Waals surface area contributed by atoms with E-state index in [0.717, 1.165) is 0 Å². The van der Waals surface area contributed by atoms with Crippen LogP contribution in [0.15, 0.2) is 29.2 Å². The summed E-state index contributed by atoms with van der Waals surface area (Å²) in [5.41, 5.74) is 1.67. The summed E-state index contributed by atoms with van der Waals surface area (Å²) in [6.07, 6.45) is 10.3. The molecular weight excluding hydrogens is 214 g/mol. The van der Waals surface area contributed by atoms with Crippen LogP contribution in [0.2, 0.25) is 0 Å². The number of likely N-dealkylation sites (N-methyl/N-ethyl adjacent to an activating group) is 1. The number of hydrogen-bond acceptors (Lipinski definition) is 2. The molecule has 2 heteroatoms. The van der Waals surface area contributed by atoms with Crippen LogP contribution in [0.3, 0.4) is 0 Å². The van der Waals surface area contributed by atoms with E-state index in [4.69, 9.17) is 0 Å². The molecule has 88 valence electrons. The Bertz CT molecular complexity index is 327. The van der Waals surface area contributed by atoms with Gasteiger partial charge in [0.15, 0.2) is 0 Å². The maximum absolute atomic E-state index is 3.45. The molecule has 1 nitrogen and oxygen atoms in total. The normalized spacial score (nSPS) is 18.2. The van der Waals surface area contributed by atoms with Crippen LogP contribution in [-0.2, 0) is 6.42 Å². The van der Waals surface area contributed by atoms with Gasteiger partial charge in [-0.1, -0.05) is 17.7 Å². The highest BCUT2D eigenvalue weighted by atomic mass is 32.1. The molecule has 0 spiro atoms. The van der Waals surface area contributed by atoms with Gasteiger partial charge in [-0.05, 0) is 57.0 Å². The highest BCUT2D eigenvalue weighted by Crippen LogP contribution is 2.23. The highest BCUT2D eigenvalue weighted by Gasteiger charge is 2.12. The molecule has 0 aromatic carbocycles. The van der Waals surface area contributed by atoms with E-state index in [1.54, 1.807) is 5.57 Å². The zero-order valence-corrected chi connectivity index (χ0v) is 10.9. The summed E-state index contributed by atoms with van der Waals surface area (Å²) in [5, 5.41) is 5.62. The summed E-state index contributed by atoms with van der Waals surface area (Å²) in [6.45, 7) is 0. The molecule has 0 saturated carbocycles. The van der Waals surface area contributed by atoms with Gasteiger partial charge in [0.1, 0.15) is 0 Å². The Kier molecular flexibility index (Phi) is 4.61.